The van der Waals surface area contributed by atoms with Crippen LogP contribution in [0, 0.1) is 11.6 Å². The van der Waals surface area contributed by atoms with E-state index in [0.717, 1.165) is 0 Å². The SMILES string of the molecule is CCOc1ccc(CN=C=O)c(F)c1F. The Morgan fingerprint density at radius 3 is 2.73 bits per heavy atom. The highest BCUT2D eigenvalue weighted by Gasteiger charge is 2.13. The third kappa shape index (κ3) is 2.60. The molecule has 0 radical (unpaired) electrons. The minimum atomic E-state index is -1.06. The standard InChI is InChI=1S/C10H9F2NO2/c1-2-15-8-4-3-7(5-13-6-14)9(11)10(8)12/h3-4H,2,5H2,1H3. The number of hydrogen-bond donors (Lipinski definition) is 0. The molecule has 0 aliphatic rings. The van der Waals surface area contributed by atoms with Crippen LogP contribution in [0.15, 0.2) is 17.1 Å². The van der Waals surface area contributed by atoms with Crippen LogP contribution in [0.5, 0.6) is 5.75 Å². The van der Waals surface area contributed by atoms with E-state index in [0.29, 0.717) is 0 Å². The minimum Gasteiger partial charge on any atom is -0.491 e. The molecule has 1 aromatic carbocycles. The molecule has 0 saturated heterocycles. The first-order valence-electron chi connectivity index (χ1n) is 4.34. The van der Waals surface area contributed by atoms with Gasteiger partial charge in [-0.2, -0.15) is 4.39 Å². The zero-order chi connectivity index (χ0) is 11.3. The molecule has 3 nitrogen and oxygen atoms in total. The zero-order valence-electron chi connectivity index (χ0n) is 8.09. The first kappa shape index (κ1) is 11.3. The fourth-order valence-corrected chi connectivity index (χ4v) is 1.08. The molecule has 0 N–H and O–H groups in total. The van der Waals surface area contributed by atoms with E-state index in [2.05, 4.69) is 4.99 Å². The second-order valence-electron chi connectivity index (χ2n) is 2.69. The van der Waals surface area contributed by atoms with Gasteiger partial charge >= 0.3 is 0 Å². The fraction of sp³-hybridized carbons (Fsp3) is 0.300. The summed E-state index contributed by atoms with van der Waals surface area (Å²) in [4.78, 5) is 13.0. The van der Waals surface area contributed by atoms with E-state index in [4.69, 9.17) is 4.74 Å². The molecule has 0 bridgehead atoms. The van der Waals surface area contributed by atoms with Gasteiger partial charge in [-0.05, 0) is 13.0 Å². The van der Waals surface area contributed by atoms with Gasteiger partial charge in [0.2, 0.25) is 11.9 Å². The van der Waals surface area contributed by atoms with Gasteiger partial charge in [-0.3, -0.25) is 0 Å². The Bertz CT molecular complexity index is 401. The third-order valence-corrected chi connectivity index (χ3v) is 1.74. The van der Waals surface area contributed by atoms with Crippen LogP contribution in [-0.2, 0) is 11.3 Å². The number of halogens is 2. The molecule has 0 spiro atoms. The van der Waals surface area contributed by atoms with Crippen LogP contribution < -0.4 is 4.74 Å². The predicted octanol–water partition coefficient (Wildman–Crippen LogP) is 2.20. The second kappa shape index (κ2) is 5.22. The van der Waals surface area contributed by atoms with Crippen molar-refractivity contribution in [2.45, 2.75) is 13.5 Å². The van der Waals surface area contributed by atoms with Crippen molar-refractivity contribution in [1.82, 2.24) is 0 Å². The van der Waals surface area contributed by atoms with E-state index in [1.807, 2.05) is 0 Å². The highest BCUT2D eigenvalue weighted by atomic mass is 19.2. The summed E-state index contributed by atoms with van der Waals surface area (Å²) in [6.45, 7) is 1.70. The summed E-state index contributed by atoms with van der Waals surface area (Å²) in [6, 6.07) is 2.63. The molecule has 80 valence electrons. The van der Waals surface area contributed by atoms with Crippen molar-refractivity contribution in [3.63, 3.8) is 0 Å². The highest BCUT2D eigenvalue weighted by molar-refractivity contribution is 5.35. The molecule has 0 aliphatic heterocycles. The van der Waals surface area contributed by atoms with Gasteiger partial charge in [-0.25, -0.2) is 14.2 Å². The van der Waals surface area contributed by atoms with E-state index >= 15 is 0 Å². The quantitative estimate of drug-likeness (QED) is 0.568. The molecule has 0 aromatic heterocycles. The molecule has 0 amide bonds. The second-order valence-corrected chi connectivity index (χ2v) is 2.69. The van der Waals surface area contributed by atoms with Gasteiger partial charge in [0.15, 0.2) is 11.6 Å². The van der Waals surface area contributed by atoms with Gasteiger partial charge in [-0.15, -0.1) is 0 Å². The van der Waals surface area contributed by atoms with Crippen molar-refractivity contribution in [2.24, 2.45) is 4.99 Å². The molecular formula is C10H9F2NO2. The van der Waals surface area contributed by atoms with Gasteiger partial charge in [0, 0.05) is 5.56 Å². The van der Waals surface area contributed by atoms with Gasteiger partial charge < -0.3 is 4.74 Å². The van der Waals surface area contributed by atoms with Gasteiger partial charge in [0.25, 0.3) is 0 Å². The normalized spacial score (nSPS) is 9.53. The Labute approximate surface area is 85.4 Å². The molecule has 0 heterocycles. The number of benzene rings is 1. The topological polar surface area (TPSA) is 38.7 Å². The summed E-state index contributed by atoms with van der Waals surface area (Å²) in [5.41, 5.74) is -0.000645. The summed E-state index contributed by atoms with van der Waals surface area (Å²) in [7, 11) is 0. The van der Waals surface area contributed by atoms with Crippen LogP contribution in [0.2, 0.25) is 0 Å². The maximum absolute atomic E-state index is 13.3. The summed E-state index contributed by atoms with van der Waals surface area (Å²) in [5, 5.41) is 0. The minimum absolute atomic E-state index is 0.000645. The number of hydrogen-bond acceptors (Lipinski definition) is 3. The Hall–Kier alpha value is -1.74. The maximum atomic E-state index is 13.3. The monoisotopic (exact) mass is 213 g/mol. The predicted molar refractivity (Wildman–Crippen MR) is 49.4 cm³/mol. The van der Waals surface area contributed by atoms with E-state index in [1.165, 1.54) is 18.2 Å². The maximum Gasteiger partial charge on any atom is 0.235 e. The van der Waals surface area contributed by atoms with E-state index < -0.39 is 11.6 Å². The fourth-order valence-electron chi connectivity index (χ4n) is 1.08. The molecule has 0 fully saturated rings. The van der Waals surface area contributed by atoms with Crippen molar-refractivity contribution in [1.29, 1.82) is 0 Å². The molecule has 5 heteroatoms. The van der Waals surface area contributed by atoms with Crippen LogP contribution in [0.3, 0.4) is 0 Å². The first-order valence-corrected chi connectivity index (χ1v) is 4.34. The molecule has 0 saturated carbocycles. The lowest BCUT2D eigenvalue weighted by Crippen LogP contribution is -2.00. The summed E-state index contributed by atoms with van der Waals surface area (Å²) >= 11 is 0. The molecule has 0 atom stereocenters. The molecule has 1 rings (SSSR count). The number of carbonyl (C=O) groups excluding carboxylic acids is 1. The van der Waals surface area contributed by atoms with Crippen LogP contribution in [0.25, 0.3) is 0 Å². The van der Waals surface area contributed by atoms with Crippen molar-refractivity contribution >= 4 is 6.08 Å². The van der Waals surface area contributed by atoms with Gasteiger partial charge in [-0.1, -0.05) is 6.07 Å². The lowest BCUT2D eigenvalue weighted by Gasteiger charge is -2.06. The average Bonchev–Trinajstić information content (AvgIpc) is 2.24. The highest BCUT2D eigenvalue weighted by Crippen LogP contribution is 2.23. The Balaban J connectivity index is 3.03. The third-order valence-electron chi connectivity index (χ3n) is 1.74. The van der Waals surface area contributed by atoms with Crippen LogP contribution in [0.4, 0.5) is 8.78 Å². The number of aliphatic imine (C=N–C) groups is 1. The van der Waals surface area contributed by atoms with Crippen molar-refractivity contribution in [2.75, 3.05) is 6.61 Å². The van der Waals surface area contributed by atoms with Crippen molar-refractivity contribution in [3.8, 4) is 5.75 Å². The largest absolute Gasteiger partial charge is 0.491 e. The summed E-state index contributed by atoms with van der Waals surface area (Å²) in [5.74, 6) is -2.25. The van der Waals surface area contributed by atoms with E-state index in [1.54, 1.807) is 6.92 Å². The van der Waals surface area contributed by atoms with Gasteiger partial charge in [0.05, 0.1) is 13.2 Å². The smallest absolute Gasteiger partial charge is 0.235 e. The molecule has 15 heavy (non-hydrogen) atoms. The Morgan fingerprint density at radius 1 is 1.40 bits per heavy atom. The lowest BCUT2D eigenvalue weighted by atomic mass is 10.2. The van der Waals surface area contributed by atoms with E-state index in [9.17, 15) is 13.6 Å². The Kier molecular flexibility index (Phi) is 3.94. The average molecular weight is 213 g/mol. The number of nitrogens with zero attached hydrogens (tertiary/aromatic N) is 1. The Morgan fingerprint density at radius 2 is 2.13 bits per heavy atom. The summed E-state index contributed by atoms with van der Waals surface area (Å²) in [6.07, 6.45) is 1.26. The first-order chi connectivity index (χ1) is 7.20. The van der Waals surface area contributed by atoms with Crippen LogP contribution in [-0.4, -0.2) is 12.7 Å². The van der Waals surface area contributed by atoms with Crippen LogP contribution in [0.1, 0.15) is 12.5 Å². The van der Waals surface area contributed by atoms with Crippen molar-refractivity contribution < 1.29 is 18.3 Å². The molecule has 0 unspecified atom stereocenters. The molecular weight excluding hydrogens is 204 g/mol. The summed E-state index contributed by atoms with van der Waals surface area (Å²) < 4.78 is 31.4. The molecule has 1 aromatic rings. The number of isocyanates is 1. The number of rotatable bonds is 4. The van der Waals surface area contributed by atoms with Crippen LogP contribution >= 0.6 is 0 Å². The zero-order valence-corrected chi connectivity index (χ0v) is 8.09. The van der Waals surface area contributed by atoms with Gasteiger partial charge in [0.1, 0.15) is 0 Å². The number of ether oxygens (including phenoxy) is 1. The molecule has 0 aliphatic carbocycles. The lowest BCUT2D eigenvalue weighted by molar-refractivity contribution is 0.313. The van der Waals surface area contributed by atoms with E-state index in [-0.39, 0.29) is 24.5 Å². The van der Waals surface area contributed by atoms with Crippen molar-refractivity contribution in [3.05, 3.63) is 29.3 Å².